The predicted molar refractivity (Wildman–Crippen MR) is 93.0 cm³/mol. The zero-order valence-corrected chi connectivity index (χ0v) is 15.0. The minimum Gasteiger partial charge on any atom is -0.486 e. The van der Waals surface area contributed by atoms with Crippen LogP contribution in [0, 0.1) is 0 Å². The van der Waals surface area contributed by atoms with Gasteiger partial charge in [-0.15, -0.1) is 0 Å². The normalized spacial score (nSPS) is 27.2. The molecule has 1 aliphatic carbocycles. The number of fused-ring (bicyclic) bond motifs is 1. The largest absolute Gasteiger partial charge is 0.486 e. The molecule has 0 saturated heterocycles. The van der Waals surface area contributed by atoms with Crippen molar-refractivity contribution in [1.29, 1.82) is 0 Å². The smallest absolute Gasteiger partial charge is 0.248 e. The molecule has 1 aliphatic heterocycles. The molecule has 0 aromatic heterocycles. The van der Waals surface area contributed by atoms with E-state index in [0.29, 0.717) is 0 Å². The number of carbonyl (C=O) groups excluding carboxylic acids is 1. The molecule has 1 aromatic carbocycles. The van der Waals surface area contributed by atoms with Gasteiger partial charge < -0.3 is 14.4 Å². The van der Waals surface area contributed by atoms with Crippen LogP contribution in [0.4, 0.5) is 0 Å². The van der Waals surface area contributed by atoms with Gasteiger partial charge in [-0.05, 0) is 38.8 Å². The van der Waals surface area contributed by atoms with E-state index in [2.05, 4.69) is 30.1 Å². The molecule has 1 aromatic rings. The molecule has 1 saturated carbocycles. The first-order chi connectivity index (χ1) is 11.5. The second-order valence-electron chi connectivity index (χ2n) is 7.23. The van der Waals surface area contributed by atoms with Crippen LogP contribution in [0.5, 0.6) is 5.75 Å². The highest BCUT2D eigenvalue weighted by atomic mass is 16.5. The Bertz CT molecular complexity index is 582. The lowest BCUT2D eigenvalue weighted by atomic mass is 9.81. The predicted octanol–water partition coefficient (Wildman–Crippen LogP) is 2.30. The summed E-state index contributed by atoms with van der Waals surface area (Å²) >= 11 is 0. The van der Waals surface area contributed by atoms with E-state index in [4.69, 9.17) is 9.47 Å². The number of methoxy groups -OCH3 is 1. The topological polar surface area (TPSA) is 42.0 Å². The van der Waals surface area contributed by atoms with Gasteiger partial charge in [-0.25, -0.2) is 0 Å². The van der Waals surface area contributed by atoms with Gasteiger partial charge in [0, 0.05) is 38.9 Å². The third kappa shape index (κ3) is 3.57. The molecule has 0 bridgehead atoms. The van der Waals surface area contributed by atoms with Crippen molar-refractivity contribution < 1.29 is 14.3 Å². The van der Waals surface area contributed by atoms with E-state index in [1.807, 2.05) is 18.0 Å². The van der Waals surface area contributed by atoms with Gasteiger partial charge in [0.15, 0.2) is 0 Å². The maximum Gasteiger partial charge on any atom is 0.248 e. The van der Waals surface area contributed by atoms with E-state index >= 15 is 0 Å². The van der Waals surface area contributed by atoms with Crippen molar-refractivity contribution in [2.24, 2.45) is 0 Å². The van der Waals surface area contributed by atoms with Crippen LogP contribution in [-0.4, -0.2) is 61.7 Å². The minimum absolute atomic E-state index is 0.0581. The number of nitrogens with zero attached hydrogens (tertiary/aromatic N) is 2. The van der Waals surface area contributed by atoms with Crippen LogP contribution < -0.4 is 4.74 Å². The van der Waals surface area contributed by atoms with Gasteiger partial charge >= 0.3 is 0 Å². The molecule has 1 fully saturated rings. The SMILES string of the molecule is COCC(=O)N(C)C1CCC2(CC1)CN(C)Cc1ccccc1O2. The number of likely N-dealkylation sites (N-methyl/N-ethyl adjacent to an activating group) is 2. The maximum atomic E-state index is 12.0. The number of carbonyl (C=O) groups is 1. The van der Waals surface area contributed by atoms with Crippen molar-refractivity contribution in [3.8, 4) is 5.75 Å². The fourth-order valence-corrected chi connectivity index (χ4v) is 4.04. The minimum atomic E-state index is -0.136. The van der Waals surface area contributed by atoms with Crippen LogP contribution in [0.1, 0.15) is 31.2 Å². The van der Waals surface area contributed by atoms with Crippen molar-refractivity contribution in [3.63, 3.8) is 0 Å². The lowest BCUT2D eigenvalue weighted by molar-refractivity contribution is -0.137. The Morgan fingerprint density at radius 1 is 1.38 bits per heavy atom. The quantitative estimate of drug-likeness (QED) is 0.852. The van der Waals surface area contributed by atoms with Crippen molar-refractivity contribution >= 4 is 5.91 Å². The highest BCUT2D eigenvalue weighted by Crippen LogP contribution is 2.38. The molecule has 1 heterocycles. The maximum absolute atomic E-state index is 12.0. The van der Waals surface area contributed by atoms with Crippen LogP contribution in [0.15, 0.2) is 24.3 Å². The number of hydrogen-bond donors (Lipinski definition) is 0. The molecule has 0 unspecified atom stereocenters. The second kappa shape index (κ2) is 7.11. The van der Waals surface area contributed by atoms with Crippen molar-refractivity contribution in [3.05, 3.63) is 29.8 Å². The van der Waals surface area contributed by atoms with Crippen LogP contribution in [0.25, 0.3) is 0 Å². The molecule has 24 heavy (non-hydrogen) atoms. The Hall–Kier alpha value is -1.59. The summed E-state index contributed by atoms with van der Waals surface area (Å²) in [5.41, 5.74) is 1.12. The van der Waals surface area contributed by atoms with Crippen LogP contribution in [0.3, 0.4) is 0 Å². The summed E-state index contributed by atoms with van der Waals surface area (Å²) in [7, 11) is 5.61. The van der Waals surface area contributed by atoms with E-state index in [1.54, 1.807) is 7.11 Å². The van der Waals surface area contributed by atoms with E-state index in [1.165, 1.54) is 5.56 Å². The molecule has 0 radical (unpaired) electrons. The standard InChI is InChI=1S/C19H28N2O3/c1-20-12-15-6-4-5-7-17(15)24-19(14-20)10-8-16(9-11-19)21(2)18(22)13-23-3/h4-7,16H,8-14H2,1-3H3. The Balaban J connectivity index is 1.69. The average Bonchev–Trinajstić information content (AvgIpc) is 2.70. The van der Waals surface area contributed by atoms with E-state index in [9.17, 15) is 4.79 Å². The molecule has 3 rings (SSSR count). The summed E-state index contributed by atoms with van der Waals surface area (Å²) in [6.07, 6.45) is 3.89. The number of benzene rings is 1. The molecule has 1 spiro atoms. The van der Waals surface area contributed by atoms with Gasteiger partial charge in [0.1, 0.15) is 18.0 Å². The zero-order valence-electron chi connectivity index (χ0n) is 15.0. The van der Waals surface area contributed by atoms with Gasteiger partial charge in [0.05, 0.1) is 0 Å². The Morgan fingerprint density at radius 2 is 2.08 bits per heavy atom. The molecular weight excluding hydrogens is 304 g/mol. The van der Waals surface area contributed by atoms with Crippen molar-refractivity contribution in [2.75, 3.05) is 34.4 Å². The van der Waals surface area contributed by atoms with Gasteiger partial charge in [0.2, 0.25) is 5.91 Å². The third-order valence-corrected chi connectivity index (χ3v) is 5.37. The first-order valence-corrected chi connectivity index (χ1v) is 8.73. The summed E-state index contributed by atoms with van der Waals surface area (Å²) in [6, 6.07) is 8.62. The number of rotatable bonds is 3. The number of ether oxygens (including phenoxy) is 2. The molecule has 0 N–H and O–H groups in total. The number of para-hydroxylation sites is 1. The molecule has 5 heteroatoms. The van der Waals surface area contributed by atoms with Gasteiger partial charge in [0.25, 0.3) is 0 Å². The lowest BCUT2D eigenvalue weighted by Gasteiger charge is -2.43. The average molecular weight is 332 g/mol. The first kappa shape index (κ1) is 17.2. The highest BCUT2D eigenvalue weighted by Gasteiger charge is 2.41. The fraction of sp³-hybridized carbons (Fsp3) is 0.632. The first-order valence-electron chi connectivity index (χ1n) is 8.73. The summed E-state index contributed by atoms with van der Waals surface area (Å²) in [6.45, 7) is 2.02. The van der Waals surface area contributed by atoms with E-state index in [-0.39, 0.29) is 24.2 Å². The lowest BCUT2D eigenvalue weighted by Crippen LogP contribution is -2.51. The molecule has 1 amide bonds. The molecular formula is C19H28N2O3. The second-order valence-corrected chi connectivity index (χ2v) is 7.23. The van der Waals surface area contributed by atoms with Gasteiger partial charge in [-0.3, -0.25) is 9.69 Å². The number of amides is 1. The van der Waals surface area contributed by atoms with Crippen molar-refractivity contribution in [1.82, 2.24) is 9.80 Å². The summed E-state index contributed by atoms with van der Waals surface area (Å²) in [5, 5.41) is 0. The molecule has 5 nitrogen and oxygen atoms in total. The third-order valence-electron chi connectivity index (χ3n) is 5.37. The van der Waals surface area contributed by atoms with E-state index < -0.39 is 0 Å². The summed E-state index contributed by atoms with van der Waals surface area (Å²) in [4.78, 5) is 16.2. The Morgan fingerprint density at radius 3 is 2.79 bits per heavy atom. The Labute approximate surface area is 144 Å². The summed E-state index contributed by atoms with van der Waals surface area (Å²) in [5.74, 6) is 1.08. The molecule has 2 aliphatic rings. The number of hydrogen-bond acceptors (Lipinski definition) is 4. The molecule has 132 valence electrons. The van der Waals surface area contributed by atoms with Crippen LogP contribution in [0.2, 0.25) is 0 Å². The van der Waals surface area contributed by atoms with Gasteiger partial charge in [-0.2, -0.15) is 0 Å². The Kier molecular flexibility index (Phi) is 5.11. The highest BCUT2D eigenvalue weighted by molar-refractivity contribution is 5.77. The summed E-state index contributed by atoms with van der Waals surface area (Å²) < 4.78 is 11.5. The van der Waals surface area contributed by atoms with Crippen molar-refractivity contribution in [2.45, 2.75) is 43.9 Å². The van der Waals surface area contributed by atoms with Crippen LogP contribution in [-0.2, 0) is 16.1 Å². The monoisotopic (exact) mass is 332 g/mol. The zero-order chi connectivity index (χ0) is 17.2. The van der Waals surface area contributed by atoms with E-state index in [0.717, 1.165) is 44.5 Å². The molecule has 0 atom stereocenters. The fourth-order valence-electron chi connectivity index (χ4n) is 4.04. The van der Waals surface area contributed by atoms with Crippen LogP contribution >= 0.6 is 0 Å². The van der Waals surface area contributed by atoms with Gasteiger partial charge in [-0.1, -0.05) is 18.2 Å².